The Morgan fingerprint density at radius 1 is 1.19 bits per heavy atom. The van der Waals surface area contributed by atoms with Crippen LogP contribution in [0.5, 0.6) is 0 Å². The molecule has 1 amide bonds. The van der Waals surface area contributed by atoms with Gasteiger partial charge in [-0.3, -0.25) is 4.79 Å². The van der Waals surface area contributed by atoms with Gasteiger partial charge in [0.05, 0.1) is 16.1 Å². The van der Waals surface area contributed by atoms with E-state index in [0.717, 1.165) is 23.4 Å². The second-order valence-electron chi connectivity index (χ2n) is 8.41. The number of aliphatic imine (C=N–C) groups is 1. The van der Waals surface area contributed by atoms with E-state index in [1.54, 1.807) is 6.07 Å². The summed E-state index contributed by atoms with van der Waals surface area (Å²) in [5, 5.41) is 4.05. The van der Waals surface area contributed by atoms with Gasteiger partial charge in [0, 0.05) is 22.8 Å². The van der Waals surface area contributed by atoms with E-state index in [9.17, 15) is 4.79 Å². The molecule has 0 bridgehead atoms. The van der Waals surface area contributed by atoms with Gasteiger partial charge in [0.15, 0.2) is 5.17 Å². The molecule has 2 aliphatic heterocycles. The molecule has 0 atom stereocenters. The third kappa shape index (κ3) is 4.30. The van der Waals surface area contributed by atoms with Crippen molar-refractivity contribution >= 4 is 57.5 Å². The Balaban J connectivity index is 1.64. The zero-order valence-corrected chi connectivity index (χ0v) is 20.0. The number of carbonyl (C=O) groups excluding carboxylic acids is 1. The molecular formula is C25H26ClN3OS. The topological polar surface area (TPSA) is 44.7 Å². The molecule has 2 aromatic rings. The van der Waals surface area contributed by atoms with Crippen LogP contribution < -0.4 is 10.2 Å². The van der Waals surface area contributed by atoms with E-state index in [0.29, 0.717) is 15.1 Å². The van der Waals surface area contributed by atoms with Crippen LogP contribution in [-0.4, -0.2) is 23.2 Å². The number of allylic oxidation sites excluding steroid dienone is 1. The lowest BCUT2D eigenvalue weighted by molar-refractivity contribution is -0.115. The van der Waals surface area contributed by atoms with Crippen LogP contribution in [-0.2, 0) is 4.79 Å². The van der Waals surface area contributed by atoms with Crippen molar-refractivity contribution in [1.82, 2.24) is 5.32 Å². The van der Waals surface area contributed by atoms with Gasteiger partial charge in [-0.15, -0.1) is 0 Å². The van der Waals surface area contributed by atoms with Gasteiger partial charge in [-0.05, 0) is 93.4 Å². The molecule has 1 saturated heterocycles. The number of anilines is 1. The number of amidine groups is 1. The van der Waals surface area contributed by atoms with Crippen LogP contribution in [0.3, 0.4) is 0 Å². The number of halogens is 1. The number of likely N-dealkylation sites (N-methyl/N-ethyl adjacent to an activating group) is 1. The molecule has 4 nitrogen and oxygen atoms in total. The van der Waals surface area contributed by atoms with Crippen molar-refractivity contribution in [2.24, 2.45) is 4.99 Å². The number of amides is 1. The maximum Gasteiger partial charge on any atom is 0.264 e. The molecule has 0 unspecified atom stereocenters. The fourth-order valence-corrected chi connectivity index (χ4v) is 5.21. The normalized spacial score (nSPS) is 20.1. The van der Waals surface area contributed by atoms with Gasteiger partial charge in [-0.2, -0.15) is 0 Å². The highest BCUT2D eigenvalue weighted by atomic mass is 35.5. The number of fused-ring (bicyclic) bond motifs is 1. The SMILES string of the molecule is CCN1c2ccc(/C=C3\SC(=Nc4cc(Cl)ccc4C)NC3=O)cc2C(C)=CC1(C)C. The molecule has 2 aromatic carbocycles. The summed E-state index contributed by atoms with van der Waals surface area (Å²) in [6.45, 7) is 11.7. The number of hydrogen-bond acceptors (Lipinski definition) is 4. The lowest BCUT2D eigenvalue weighted by Crippen LogP contribution is -2.44. The third-order valence-electron chi connectivity index (χ3n) is 5.66. The van der Waals surface area contributed by atoms with Crippen molar-refractivity contribution in [2.75, 3.05) is 11.4 Å². The molecule has 0 aromatic heterocycles. The van der Waals surface area contributed by atoms with E-state index in [1.807, 2.05) is 25.1 Å². The summed E-state index contributed by atoms with van der Waals surface area (Å²) in [6.07, 6.45) is 4.24. The van der Waals surface area contributed by atoms with Gasteiger partial charge in [0.1, 0.15) is 0 Å². The van der Waals surface area contributed by atoms with Crippen LogP contribution in [0, 0.1) is 6.92 Å². The Kier molecular flexibility index (Phi) is 5.75. The number of nitrogens with one attached hydrogen (secondary N) is 1. The van der Waals surface area contributed by atoms with E-state index in [4.69, 9.17) is 11.6 Å². The fraction of sp³-hybridized carbons (Fsp3) is 0.280. The lowest BCUT2D eigenvalue weighted by Gasteiger charge is -2.42. The van der Waals surface area contributed by atoms with Crippen molar-refractivity contribution in [3.05, 3.63) is 69.1 Å². The van der Waals surface area contributed by atoms with Crippen molar-refractivity contribution in [3.63, 3.8) is 0 Å². The van der Waals surface area contributed by atoms with Crippen LogP contribution >= 0.6 is 23.4 Å². The molecule has 0 saturated carbocycles. The zero-order chi connectivity index (χ0) is 22.3. The highest BCUT2D eigenvalue weighted by Crippen LogP contribution is 2.40. The van der Waals surface area contributed by atoms with Gasteiger partial charge in [0.25, 0.3) is 5.91 Å². The van der Waals surface area contributed by atoms with Crippen molar-refractivity contribution in [3.8, 4) is 0 Å². The Hall–Kier alpha value is -2.50. The molecule has 160 valence electrons. The molecule has 0 radical (unpaired) electrons. The second kappa shape index (κ2) is 8.21. The standard InChI is InChI=1S/C25H26ClN3OS/c1-6-29-21-10-8-17(11-19(21)16(3)14-25(29,4)5)12-22-23(30)28-24(31-22)27-20-13-18(26)9-7-15(20)2/h7-14H,6H2,1-5H3,(H,27,28,30)/b22-12-. The monoisotopic (exact) mass is 451 g/mol. The average molecular weight is 452 g/mol. The van der Waals surface area contributed by atoms with E-state index >= 15 is 0 Å². The van der Waals surface area contributed by atoms with E-state index in [-0.39, 0.29) is 11.4 Å². The minimum atomic E-state index is -0.135. The number of nitrogens with zero attached hydrogens (tertiary/aromatic N) is 2. The number of thioether (sulfide) groups is 1. The molecule has 4 rings (SSSR count). The summed E-state index contributed by atoms with van der Waals surface area (Å²) in [5.74, 6) is -0.135. The average Bonchev–Trinajstić information content (AvgIpc) is 3.03. The summed E-state index contributed by atoms with van der Waals surface area (Å²) in [5.41, 5.74) is 6.45. The summed E-state index contributed by atoms with van der Waals surface area (Å²) >= 11 is 7.44. The van der Waals surface area contributed by atoms with Crippen LogP contribution in [0.15, 0.2) is 52.4 Å². The molecule has 1 N–H and O–H groups in total. The molecule has 31 heavy (non-hydrogen) atoms. The maximum absolute atomic E-state index is 12.5. The van der Waals surface area contributed by atoms with Gasteiger partial charge >= 0.3 is 0 Å². The Morgan fingerprint density at radius 2 is 1.97 bits per heavy atom. The number of aryl methyl sites for hydroxylation is 1. The quantitative estimate of drug-likeness (QED) is 0.537. The first kappa shape index (κ1) is 21.7. The van der Waals surface area contributed by atoms with Crippen LogP contribution in [0.1, 0.15) is 44.4 Å². The van der Waals surface area contributed by atoms with E-state index in [2.05, 4.69) is 67.2 Å². The van der Waals surface area contributed by atoms with Crippen LogP contribution in [0.25, 0.3) is 11.6 Å². The first-order chi connectivity index (χ1) is 14.7. The van der Waals surface area contributed by atoms with Crippen molar-refractivity contribution in [1.29, 1.82) is 0 Å². The van der Waals surface area contributed by atoms with Gasteiger partial charge in [0.2, 0.25) is 0 Å². The Bertz CT molecular complexity index is 1160. The van der Waals surface area contributed by atoms with Gasteiger partial charge in [-0.25, -0.2) is 4.99 Å². The number of benzene rings is 2. The van der Waals surface area contributed by atoms with Gasteiger partial charge < -0.3 is 10.2 Å². The number of rotatable bonds is 3. The lowest BCUT2D eigenvalue weighted by atomic mass is 9.88. The summed E-state index contributed by atoms with van der Waals surface area (Å²) < 4.78 is 0. The van der Waals surface area contributed by atoms with Crippen molar-refractivity contribution < 1.29 is 4.79 Å². The molecule has 2 heterocycles. The molecule has 2 aliphatic rings. The van der Waals surface area contributed by atoms with Crippen molar-refractivity contribution in [2.45, 2.75) is 40.2 Å². The highest BCUT2D eigenvalue weighted by Gasteiger charge is 2.30. The largest absolute Gasteiger partial charge is 0.363 e. The Morgan fingerprint density at radius 3 is 2.71 bits per heavy atom. The smallest absolute Gasteiger partial charge is 0.264 e. The Labute approximate surface area is 193 Å². The molecule has 0 aliphatic carbocycles. The van der Waals surface area contributed by atoms with Gasteiger partial charge in [-0.1, -0.05) is 29.8 Å². The summed E-state index contributed by atoms with van der Waals surface area (Å²) in [6, 6.07) is 12.0. The minimum Gasteiger partial charge on any atom is -0.363 e. The number of carbonyl (C=O) groups is 1. The maximum atomic E-state index is 12.5. The predicted octanol–water partition coefficient (Wildman–Crippen LogP) is 6.56. The number of hydrogen-bond donors (Lipinski definition) is 1. The predicted molar refractivity (Wildman–Crippen MR) is 134 cm³/mol. The summed E-state index contributed by atoms with van der Waals surface area (Å²) in [7, 11) is 0. The minimum absolute atomic E-state index is 0.0170. The second-order valence-corrected chi connectivity index (χ2v) is 9.88. The van der Waals surface area contributed by atoms with E-state index < -0.39 is 0 Å². The zero-order valence-electron chi connectivity index (χ0n) is 18.4. The molecule has 6 heteroatoms. The summed E-state index contributed by atoms with van der Waals surface area (Å²) in [4.78, 5) is 20.2. The molecule has 0 spiro atoms. The first-order valence-electron chi connectivity index (χ1n) is 10.3. The van der Waals surface area contributed by atoms with E-state index in [1.165, 1.54) is 28.6 Å². The first-order valence-corrected chi connectivity index (χ1v) is 11.5. The fourth-order valence-electron chi connectivity index (χ4n) is 4.21. The third-order valence-corrected chi connectivity index (χ3v) is 6.80. The molecule has 1 fully saturated rings. The molecular weight excluding hydrogens is 426 g/mol. The van der Waals surface area contributed by atoms with Crippen LogP contribution in [0.4, 0.5) is 11.4 Å². The highest BCUT2D eigenvalue weighted by molar-refractivity contribution is 8.18. The van der Waals surface area contributed by atoms with Crippen LogP contribution in [0.2, 0.25) is 5.02 Å².